The molecule has 0 aliphatic rings. The Morgan fingerprint density at radius 1 is 1.50 bits per heavy atom. The number of thiol groups is 1. The number of hydrogen-bond acceptors (Lipinski definition) is 4. The maximum atomic E-state index is 10.9. The van der Waals surface area contributed by atoms with Crippen molar-refractivity contribution in [2.24, 2.45) is 0 Å². The van der Waals surface area contributed by atoms with Gasteiger partial charge < -0.3 is 10.2 Å². The largest absolute Gasteiger partial charge is 0.505 e. The lowest BCUT2D eigenvalue weighted by atomic mass is 10.1. The van der Waals surface area contributed by atoms with Crippen LogP contribution in [0.5, 0.6) is 5.75 Å². The van der Waals surface area contributed by atoms with Crippen molar-refractivity contribution in [3.63, 3.8) is 0 Å². The monoisotopic (exact) mass is 226 g/mol. The minimum Gasteiger partial charge on any atom is -0.505 e. The first kappa shape index (κ1) is 9.36. The zero-order valence-electron chi connectivity index (χ0n) is 6.89. The summed E-state index contributed by atoms with van der Waals surface area (Å²) in [5, 5.41) is 20.8. The Labute approximate surface area is 89.0 Å². The second-order valence-corrected chi connectivity index (χ2v) is 4.16. The molecule has 0 amide bonds. The molecule has 0 fully saturated rings. The first-order valence-electron chi connectivity index (χ1n) is 3.76. The van der Waals surface area contributed by atoms with Gasteiger partial charge in [0.1, 0.15) is 5.75 Å². The molecular formula is C9H6O3S2. The molecule has 72 valence electrons. The molecule has 0 saturated heterocycles. The Bertz CT molecular complexity index is 516. The van der Waals surface area contributed by atoms with E-state index >= 15 is 0 Å². The Balaban J connectivity index is 2.91. The van der Waals surface area contributed by atoms with Crippen molar-refractivity contribution in [2.45, 2.75) is 4.90 Å². The number of carboxylic acids is 1. The lowest BCUT2D eigenvalue weighted by Crippen LogP contribution is -1.96. The van der Waals surface area contributed by atoms with Crippen LogP contribution in [0.25, 0.3) is 10.1 Å². The molecule has 0 bridgehead atoms. The number of aromatic carboxylic acids is 1. The molecule has 0 radical (unpaired) electrons. The minimum atomic E-state index is -1.01. The molecule has 1 aromatic heterocycles. The van der Waals surface area contributed by atoms with Crippen molar-refractivity contribution in [1.82, 2.24) is 0 Å². The highest BCUT2D eigenvalue weighted by Gasteiger charge is 2.14. The molecule has 3 nitrogen and oxygen atoms in total. The number of carboxylic acid groups (broad SMARTS) is 1. The Morgan fingerprint density at radius 2 is 2.21 bits per heavy atom. The van der Waals surface area contributed by atoms with E-state index in [1.54, 1.807) is 11.4 Å². The van der Waals surface area contributed by atoms with Gasteiger partial charge in [0.15, 0.2) is 0 Å². The van der Waals surface area contributed by atoms with E-state index in [-0.39, 0.29) is 16.2 Å². The van der Waals surface area contributed by atoms with Gasteiger partial charge >= 0.3 is 5.97 Å². The molecular weight excluding hydrogens is 220 g/mol. The fourth-order valence-electron chi connectivity index (χ4n) is 1.28. The summed E-state index contributed by atoms with van der Waals surface area (Å²) in [7, 11) is 0. The predicted octanol–water partition coefficient (Wildman–Crippen LogP) is 2.59. The Morgan fingerprint density at radius 3 is 2.86 bits per heavy atom. The van der Waals surface area contributed by atoms with Gasteiger partial charge in [0.25, 0.3) is 0 Å². The molecule has 5 heteroatoms. The van der Waals surface area contributed by atoms with Crippen LogP contribution in [-0.4, -0.2) is 16.2 Å². The SMILES string of the molecule is O=C(O)c1cc(S)c(O)c2sccc12. The summed E-state index contributed by atoms with van der Waals surface area (Å²) in [4.78, 5) is 11.2. The van der Waals surface area contributed by atoms with E-state index in [1.807, 2.05) is 0 Å². The summed E-state index contributed by atoms with van der Waals surface area (Å²) in [6, 6.07) is 3.03. The molecule has 0 spiro atoms. The highest BCUT2D eigenvalue weighted by molar-refractivity contribution is 7.80. The maximum Gasteiger partial charge on any atom is 0.336 e. The third-order valence-electron chi connectivity index (χ3n) is 1.92. The summed E-state index contributed by atoms with van der Waals surface area (Å²) in [6.45, 7) is 0. The molecule has 0 atom stereocenters. The average Bonchev–Trinajstić information content (AvgIpc) is 2.59. The molecule has 1 aromatic carbocycles. The number of rotatable bonds is 1. The van der Waals surface area contributed by atoms with Gasteiger partial charge in [0.05, 0.1) is 10.3 Å². The van der Waals surface area contributed by atoms with Gasteiger partial charge in [-0.2, -0.15) is 0 Å². The fourth-order valence-corrected chi connectivity index (χ4v) is 2.46. The van der Waals surface area contributed by atoms with Crippen LogP contribution in [0, 0.1) is 0 Å². The number of phenolic OH excluding ortho intramolecular Hbond substituents is 1. The van der Waals surface area contributed by atoms with Crippen LogP contribution in [0.2, 0.25) is 0 Å². The van der Waals surface area contributed by atoms with E-state index in [1.165, 1.54) is 17.4 Å². The van der Waals surface area contributed by atoms with E-state index in [2.05, 4.69) is 12.6 Å². The maximum absolute atomic E-state index is 10.9. The van der Waals surface area contributed by atoms with E-state index < -0.39 is 5.97 Å². The summed E-state index contributed by atoms with van der Waals surface area (Å²) in [5.74, 6) is -0.966. The van der Waals surface area contributed by atoms with Gasteiger partial charge in [-0.25, -0.2) is 4.79 Å². The van der Waals surface area contributed by atoms with E-state index in [0.29, 0.717) is 10.1 Å². The van der Waals surface area contributed by atoms with Gasteiger partial charge in [-0.3, -0.25) is 0 Å². The normalized spacial score (nSPS) is 10.6. The molecule has 0 aliphatic carbocycles. The second-order valence-electron chi connectivity index (χ2n) is 2.76. The van der Waals surface area contributed by atoms with Crippen LogP contribution in [0.3, 0.4) is 0 Å². The quantitative estimate of drug-likeness (QED) is 0.655. The lowest BCUT2D eigenvalue weighted by Gasteiger charge is -2.02. The first-order valence-corrected chi connectivity index (χ1v) is 5.09. The van der Waals surface area contributed by atoms with E-state index in [4.69, 9.17) is 5.11 Å². The highest BCUT2D eigenvalue weighted by atomic mass is 32.1. The van der Waals surface area contributed by atoms with Crippen LogP contribution in [0.4, 0.5) is 0 Å². The number of fused-ring (bicyclic) bond motifs is 1. The fraction of sp³-hybridized carbons (Fsp3) is 0. The van der Waals surface area contributed by atoms with Gasteiger partial charge in [-0.05, 0) is 17.5 Å². The van der Waals surface area contributed by atoms with E-state index in [9.17, 15) is 9.90 Å². The minimum absolute atomic E-state index is 0.0448. The number of hydrogen-bond donors (Lipinski definition) is 3. The van der Waals surface area contributed by atoms with Crippen LogP contribution in [0.15, 0.2) is 22.4 Å². The molecule has 1 heterocycles. The standard InChI is InChI=1S/C9H6O3S2/c10-7-6(13)3-5(9(11)12)4-1-2-14-8(4)7/h1-3,10,13H,(H,11,12). The van der Waals surface area contributed by atoms with Crippen LogP contribution in [0.1, 0.15) is 10.4 Å². The summed E-state index contributed by atoms with van der Waals surface area (Å²) >= 11 is 5.30. The van der Waals surface area contributed by atoms with Gasteiger partial charge in [0.2, 0.25) is 0 Å². The smallest absolute Gasteiger partial charge is 0.336 e. The Kier molecular flexibility index (Phi) is 2.13. The van der Waals surface area contributed by atoms with Crippen molar-refractivity contribution in [3.05, 3.63) is 23.1 Å². The van der Waals surface area contributed by atoms with Gasteiger partial charge in [-0.1, -0.05) is 0 Å². The number of benzene rings is 1. The lowest BCUT2D eigenvalue weighted by molar-refractivity contribution is 0.0699. The van der Waals surface area contributed by atoms with Crippen LogP contribution < -0.4 is 0 Å². The predicted molar refractivity (Wildman–Crippen MR) is 57.7 cm³/mol. The van der Waals surface area contributed by atoms with Crippen molar-refractivity contribution < 1.29 is 15.0 Å². The molecule has 14 heavy (non-hydrogen) atoms. The molecule has 2 N–H and O–H groups in total. The number of thiophene rings is 1. The molecule has 0 saturated carbocycles. The average molecular weight is 226 g/mol. The van der Waals surface area contributed by atoms with Gasteiger partial charge in [-0.15, -0.1) is 24.0 Å². The van der Waals surface area contributed by atoms with E-state index in [0.717, 1.165) is 0 Å². The number of aromatic hydroxyl groups is 1. The number of carbonyl (C=O) groups is 1. The third kappa shape index (κ3) is 1.25. The van der Waals surface area contributed by atoms with Crippen molar-refractivity contribution in [2.75, 3.05) is 0 Å². The summed E-state index contributed by atoms with van der Waals surface area (Å²) in [6.07, 6.45) is 0. The number of phenols is 1. The van der Waals surface area contributed by atoms with Crippen molar-refractivity contribution >= 4 is 40.0 Å². The molecule has 2 aromatic rings. The second kappa shape index (κ2) is 3.18. The molecule has 0 unspecified atom stereocenters. The van der Waals surface area contributed by atoms with Crippen LogP contribution in [-0.2, 0) is 0 Å². The summed E-state index contributed by atoms with van der Waals surface area (Å²) < 4.78 is 0.565. The summed E-state index contributed by atoms with van der Waals surface area (Å²) in [5.41, 5.74) is 0.170. The molecule has 2 rings (SSSR count). The Hall–Kier alpha value is -1.20. The first-order chi connectivity index (χ1) is 6.61. The van der Waals surface area contributed by atoms with Crippen molar-refractivity contribution in [3.8, 4) is 5.75 Å². The zero-order valence-corrected chi connectivity index (χ0v) is 8.60. The van der Waals surface area contributed by atoms with Crippen molar-refractivity contribution in [1.29, 1.82) is 0 Å². The zero-order chi connectivity index (χ0) is 10.3. The van der Waals surface area contributed by atoms with Gasteiger partial charge in [0, 0.05) is 10.3 Å². The highest BCUT2D eigenvalue weighted by Crippen LogP contribution is 2.37. The third-order valence-corrected chi connectivity index (χ3v) is 3.19. The van der Waals surface area contributed by atoms with Crippen LogP contribution >= 0.6 is 24.0 Å². The molecule has 0 aliphatic heterocycles. The topological polar surface area (TPSA) is 57.5 Å².